The third-order valence-electron chi connectivity index (χ3n) is 6.07. The molecule has 0 amide bonds. The molecule has 11 nitrogen and oxygen atoms in total. The van der Waals surface area contributed by atoms with Crippen molar-refractivity contribution in [3.8, 4) is 11.5 Å². The minimum Gasteiger partial charge on any atom is -0.507 e. The van der Waals surface area contributed by atoms with Crippen LogP contribution in [0.3, 0.4) is 0 Å². The molecule has 0 saturated carbocycles. The summed E-state index contributed by atoms with van der Waals surface area (Å²) in [5.74, 6) is -0.860. The lowest BCUT2D eigenvalue weighted by Gasteiger charge is -2.39. The van der Waals surface area contributed by atoms with Gasteiger partial charge in [-0.15, -0.1) is 6.58 Å². The van der Waals surface area contributed by atoms with Crippen molar-refractivity contribution in [2.24, 2.45) is 0 Å². The van der Waals surface area contributed by atoms with Crippen molar-refractivity contribution >= 4 is 16.9 Å². The first-order valence-corrected chi connectivity index (χ1v) is 11.7. The summed E-state index contributed by atoms with van der Waals surface area (Å²) in [5.41, 5.74) is -1.22. The Kier molecular flexibility index (Phi) is 8.77. The summed E-state index contributed by atoms with van der Waals surface area (Å²) >= 11 is 0. The molecule has 1 saturated heterocycles. The molecule has 1 fully saturated rings. The molecule has 1 aromatic carbocycles. The highest BCUT2D eigenvalue weighted by molar-refractivity contribution is 5.87. The molecular weight excluding hydrogens is 488 g/mol. The van der Waals surface area contributed by atoms with Crippen molar-refractivity contribution in [3.05, 3.63) is 58.5 Å². The Morgan fingerprint density at radius 1 is 1.19 bits per heavy atom. The number of allylic oxidation sites excluding steroid dienone is 1. The number of esters is 1. The Morgan fingerprint density at radius 3 is 2.57 bits per heavy atom. The van der Waals surface area contributed by atoms with E-state index in [9.17, 15) is 35.1 Å². The number of aliphatic hydroxyl groups is 4. The lowest BCUT2D eigenvalue weighted by atomic mass is 9.99. The molecule has 1 aromatic heterocycles. The van der Waals surface area contributed by atoms with Gasteiger partial charge in [-0.25, -0.2) is 4.79 Å². The van der Waals surface area contributed by atoms with Gasteiger partial charge in [0.25, 0.3) is 0 Å². The quantitative estimate of drug-likeness (QED) is 0.182. The summed E-state index contributed by atoms with van der Waals surface area (Å²) in [7, 11) is 0. The number of benzene rings is 1. The predicted octanol–water partition coefficient (Wildman–Crippen LogP) is 1.20. The van der Waals surface area contributed by atoms with Gasteiger partial charge in [0, 0.05) is 23.8 Å². The van der Waals surface area contributed by atoms with Gasteiger partial charge >= 0.3 is 5.97 Å². The lowest BCUT2D eigenvalue weighted by Crippen LogP contribution is -2.60. The van der Waals surface area contributed by atoms with Gasteiger partial charge in [-0.05, 0) is 33.6 Å². The topological polar surface area (TPSA) is 176 Å². The number of aryl methyl sites for hydroxylation is 1. The van der Waals surface area contributed by atoms with Crippen LogP contribution in [0.25, 0.3) is 11.0 Å². The Labute approximate surface area is 212 Å². The van der Waals surface area contributed by atoms with Crippen LogP contribution in [0.5, 0.6) is 11.5 Å². The summed E-state index contributed by atoms with van der Waals surface area (Å²) in [6, 6.07) is 3.65. The average Bonchev–Trinajstić information content (AvgIpc) is 2.82. The van der Waals surface area contributed by atoms with Crippen LogP contribution in [0.1, 0.15) is 32.4 Å². The first-order chi connectivity index (χ1) is 17.3. The smallest absolute Gasteiger partial charge is 0.333 e. The second kappa shape index (κ2) is 11.4. The molecule has 1 aliphatic rings. The van der Waals surface area contributed by atoms with Crippen LogP contribution >= 0.6 is 0 Å². The molecule has 0 radical (unpaired) electrons. The van der Waals surface area contributed by atoms with Crippen molar-refractivity contribution in [3.63, 3.8) is 0 Å². The molecule has 6 atom stereocenters. The average molecular weight is 521 g/mol. The SMILES string of the molecule is C=C[C@](C)(O)CCC=C(C)C(=O)OC[C@H]1O[C@H](Oc2cc(O)c3c(=O)cc(C)oc3c2)[C@H](O)[C@@H](O)[C@@H]1O. The van der Waals surface area contributed by atoms with Crippen molar-refractivity contribution in [1.82, 2.24) is 0 Å². The van der Waals surface area contributed by atoms with Crippen LogP contribution in [0, 0.1) is 6.92 Å². The molecule has 37 heavy (non-hydrogen) atoms. The first kappa shape index (κ1) is 28.4. The van der Waals surface area contributed by atoms with E-state index in [0.29, 0.717) is 18.6 Å². The highest BCUT2D eigenvalue weighted by Gasteiger charge is 2.45. The fraction of sp³-hybridized carbons (Fsp3) is 0.462. The molecule has 2 heterocycles. The van der Waals surface area contributed by atoms with Gasteiger partial charge in [0.1, 0.15) is 59.3 Å². The van der Waals surface area contributed by atoms with Crippen LogP contribution in [-0.2, 0) is 14.3 Å². The van der Waals surface area contributed by atoms with E-state index >= 15 is 0 Å². The fourth-order valence-electron chi connectivity index (χ4n) is 3.76. The number of hydrogen-bond donors (Lipinski definition) is 5. The Bertz CT molecular complexity index is 1230. The van der Waals surface area contributed by atoms with Crippen molar-refractivity contribution < 1.29 is 49.0 Å². The van der Waals surface area contributed by atoms with E-state index in [1.807, 2.05) is 0 Å². The van der Waals surface area contributed by atoms with Crippen LogP contribution in [0.15, 0.2) is 51.7 Å². The lowest BCUT2D eigenvalue weighted by molar-refractivity contribution is -0.278. The second-order valence-electron chi connectivity index (χ2n) is 9.25. The number of carbonyl (C=O) groups excluding carboxylic acids is 1. The number of phenols is 1. The molecule has 2 aromatic rings. The normalized spacial score (nSPS) is 25.9. The predicted molar refractivity (Wildman–Crippen MR) is 131 cm³/mol. The number of fused-ring (bicyclic) bond motifs is 1. The molecule has 0 unspecified atom stereocenters. The van der Waals surface area contributed by atoms with Gasteiger partial charge in [0.05, 0.1) is 5.60 Å². The van der Waals surface area contributed by atoms with E-state index in [1.165, 1.54) is 25.1 Å². The maximum Gasteiger partial charge on any atom is 0.333 e. The van der Waals surface area contributed by atoms with Gasteiger partial charge in [0.15, 0.2) is 5.43 Å². The molecule has 3 rings (SSSR count). The van der Waals surface area contributed by atoms with Crippen LogP contribution in [0.2, 0.25) is 0 Å². The molecular formula is C26H32O11. The summed E-state index contributed by atoms with van der Waals surface area (Å²) in [4.78, 5) is 24.5. The van der Waals surface area contributed by atoms with Crippen molar-refractivity contribution in [2.75, 3.05) is 6.61 Å². The van der Waals surface area contributed by atoms with Gasteiger partial charge in [-0.3, -0.25) is 4.79 Å². The van der Waals surface area contributed by atoms with E-state index in [1.54, 1.807) is 19.9 Å². The summed E-state index contributed by atoms with van der Waals surface area (Å²) in [5, 5.41) is 51.2. The van der Waals surface area contributed by atoms with E-state index in [2.05, 4.69) is 6.58 Å². The van der Waals surface area contributed by atoms with Crippen molar-refractivity contribution in [1.29, 1.82) is 0 Å². The number of carbonyl (C=O) groups is 1. The van der Waals surface area contributed by atoms with E-state index in [-0.39, 0.29) is 22.3 Å². The van der Waals surface area contributed by atoms with Crippen LogP contribution < -0.4 is 10.2 Å². The molecule has 202 valence electrons. The molecule has 5 N–H and O–H groups in total. The third-order valence-corrected chi connectivity index (χ3v) is 6.07. The maximum atomic E-state index is 12.3. The van der Waals surface area contributed by atoms with Crippen LogP contribution in [0.4, 0.5) is 0 Å². The Balaban J connectivity index is 1.68. The molecule has 11 heteroatoms. The molecule has 0 bridgehead atoms. The van der Waals surface area contributed by atoms with Gasteiger partial charge < -0.3 is 44.2 Å². The highest BCUT2D eigenvalue weighted by Crippen LogP contribution is 2.31. The molecule has 0 aliphatic carbocycles. The number of aliphatic hydroxyl groups excluding tert-OH is 3. The third kappa shape index (κ3) is 6.76. The number of hydrogen-bond acceptors (Lipinski definition) is 11. The monoisotopic (exact) mass is 520 g/mol. The van der Waals surface area contributed by atoms with Crippen LogP contribution in [-0.4, -0.2) is 74.4 Å². The van der Waals surface area contributed by atoms with E-state index in [4.69, 9.17) is 18.6 Å². The second-order valence-corrected chi connectivity index (χ2v) is 9.25. The maximum absolute atomic E-state index is 12.3. The van der Waals surface area contributed by atoms with Gasteiger partial charge in [-0.2, -0.15) is 0 Å². The standard InChI is InChI=1S/C26H32O11/c1-5-26(4,33)8-6-7-13(2)24(32)34-12-19-21(29)22(30)23(31)25(37-19)36-15-10-17(28)20-16(27)9-14(3)35-18(20)11-15/h5,7,9-11,19,21-23,25,28-31,33H,1,6,8,12H2,2-4H3/t19-,21-,22+,23-,25+,26+/m1/s1. The molecule has 0 spiro atoms. The number of ether oxygens (including phenoxy) is 3. The molecule has 1 aliphatic heterocycles. The zero-order valence-corrected chi connectivity index (χ0v) is 20.8. The minimum atomic E-state index is -1.70. The van der Waals surface area contributed by atoms with E-state index < -0.39 is 60.1 Å². The van der Waals surface area contributed by atoms with Crippen molar-refractivity contribution in [2.45, 2.75) is 69.9 Å². The van der Waals surface area contributed by atoms with Gasteiger partial charge in [-0.1, -0.05) is 12.2 Å². The minimum absolute atomic E-state index is 0.0354. The largest absolute Gasteiger partial charge is 0.507 e. The fourth-order valence-corrected chi connectivity index (χ4v) is 3.76. The zero-order valence-electron chi connectivity index (χ0n) is 20.8. The Morgan fingerprint density at radius 2 is 1.89 bits per heavy atom. The number of aromatic hydroxyl groups is 1. The van der Waals surface area contributed by atoms with E-state index in [0.717, 1.165) is 6.07 Å². The highest BCUT2D eigenvalue weighted by atomic mass is 16.7. The summed E-state index contributed by atoms with van der Waals surface area (Å²) in [6.45, 7) is 7.76. The summed E-state index contributed by atoms with van der Waals surface area (Å²) < 4.78 is 21.8. The summed E-state index contributed by atoms with van der Waals surface area (Å²) in [6.07, 6.45) is -4.02. The number of phenolic OH excluding ortho intramolecular Hbond substituents is 1. The Hall–Kier alpha value is -3.22. The first-order valence-electron chi connectivity index (χ1n) is 11.7. The number of rotatable bonds is 9. The van der Waals surface area contributed by atoms with Gasteiger partial charge in [0.2, 0.25) is 6.29 Å². The zero-order chi connectivity index (χ0) is 27.5.